The molecule has 2 aromatic rings. The van der Waals surface area contributed by atoms with Gasteiger partial charge < -0.3 is 19.9 Å². The first-order valence-corrected chi connectivity index (χ1v) is 12.4. The van der Waals surface area contributed by atoms with Crippen LogP contribution in [0.2, 0.25) is 0 Å². The van der Waals surface area contributed by atoms with Crippen LogP contribution in [0.1, 0.15) is 83.3 Å². The van der Waals surface area contributed by atoms with E-state index in [1.165, 1.54) is 30.5 Å². The number of aromatic amines is 1. The number of benzene rings is 1. The maximum atomic E-state index is 13.4. The lowest BCUT2D eigenvalue weighted by atomic mass is 9.78. The van der Waals surface area contributed by atoms with Crippen molar-refractivity contribution in [3.63, 3.8) is 0 Å². The number of carbonyl (C=O) groups is 1. The fourth-order valence-electron chi connectivity index (χ4n) is 5.22. The number of nitrogens with one attached hydrogen (secondary N) is 2. The Morgan fingerprint density at radius 1 is 1.12 bits per heavy atom. The molecule has 0 unspecified atom stereocenters. The molecule has 1 saturated heterocycles. The number of hydrogen-bond donors (Lipinski definition) is 2. The van der Waals surface area contributed by atoms with E-state index in [2.05, 4.69) is 41.2 Å². The fraction of sp³-hybridized carbons (Fsp3) is 0.556. The molecule has 1 aliphatic heterocycles. The Morgan fingerprint density at radius 2 is 1.85 bits per heavy atom. The standard InChI is InChI=1S/C27H37N3O3/c1-5-30(22-9-11-33-12-10-22)25-15-21(20-7-6-8-20)14-23(19(25)4)26(31)28-16-24-17(2)13-18(3)29-27(24)32/h13-15,20,22H,5-12,16H2,1-4H3,(H,28,31)(H,29,32). The van der Waals surface area contributed by atoms with Crippen LogP contribution < -0.4 is 15.8 Å². The Balaban J connectivity index is 1.64. The topological polar surface area (TPSA) is 74.4 Å². The zero-order valence-corrected chi connectivity index (χ0v) is 20.4. The maximum absolute atomic E-state index is 13.4. The minimum absolute atomic E-state index is 0.114. The molecule has 1 aliphatic carbocycles. The van der Waals surface area contributed by atoms with Gasteiger partial charge in [0.1, 0.15) is 0 Å². The number of pyridine rings is 1. The number of aryl methyl sites for hydroxylation is 2. The molecular formula is C27H37N3O3. The normalized spacial score (nSPS) is 17.0. The van der Waals surface area contributed by atoms with Gasteiger partial charge in [0.05, 0.1) is 0 Å². The smallest absolute Gasteiger partial charge is 0.253 e. The third-order valence-corrected chi connectivity index (χ3v) is 7.43. The van der Waals surface area contributed by atoms with Crippen molar-refractivity contribution in [1.29, 1.82) is 0 Å². The van der Waals surface area contributed by atoms with Crippen LogP contribution in [0, 0.1) is 20.8 Å². The van der Waals surface area contributed by atoms with Crippen LogP contribution in [-0.4, -0.2) is 36.7 Å². The van der Waals surface area contributed by atoms with E-state index >= 15 is 0 Å². The van der Waals surface area contributed by atoms with Crippen LogP contribution in [0.3, 0.4) is 0 Å². The first-order valence-electron chi connectivity index (χ1n) is 12.4. The summed E-state index contributed by atoms with van der Waals surface area (Å²) in [6.45, 7) is 10.7. The molecule has 178 valence electrons. The summed E-state index contributed by atoms with van der Waals surface area (Å²) in [5.74, 6) is 0.420. The number of aromatic nitrogens is 1. The van der Waals surface area contributed by atoms with Crippen molar-refractivity contribution in [3.8, 4) is 0 Å². The van der Waals surface area contributed by atoms with Gasteiger partial charge in [-0.2, -0.15) is 0 Å². The number of hydrogen-bond acceptors (Lipinski definition) is 4. The van der Waals surface area contributed by atoms with E-state index in [0.717, 1.165) is 55.0 Å². The highest BCUT2D eigenvalue weighted by Crippen LogP contribution is 2.40. The molecule has 0 radical (unpaired) electrons. The van der Waals surface area contributed by atoms with Gasteiger partial charge in [-0.05, 0) is 94.2 Å². The lowest BCUT2D eigenvalue weighted by molar-refractivity contribution is 0.0845. The second kappa shape index (κ2) is 10.1. The Morgan fingerprint density at radius 3 is 2.45 bits per heavy atom. The summed E-state index contributed by atoms with van der Waals surface area (Å²) in [5.41, 5.74) is 6.37. The summed E-state index contributed by atoms with van der Waals surface area (Å²) >= 11 is 0. The Hall–Kier alpha value is -2.60. The van der Waals surface area contributed by atoms with Crippen molar-refractivity contribution in [2.75, 3.05) is 24.7 Å². The molecule has 2 N–H and O–H groups in total. The SMILES string of the molecule is CCN(c1cc(C2CCC2)cc(C(=O)NCc2c(C)cc(C)[nH]c2=O)c1C)C1CCOCC1. The predicted octanol–water partition coefficient (Wildman–Crippen LogP) is 4.50. The van der Waals surface area contributed by atoms with Gasteiger partial charge in [0.25, 0.3) is 11.5 Å². The van der Waals surface area contributed by atoms with Crippen LogP contribution in [0.15, 0.2) is 23.0 Å². The van der Waals surface area contributed by atoms with Crippen LogP contribution in [0.5, 0.6) is 0 Å². The number of amides is 1. The van der Waals surface area contributed by atoms with Gasteiger partial charge in [-0.15, -0.1) is 0 Å². The molecule has 1 amide bonds. The average molecular weight is 452 g/mol. The van der Waals surface area contributed by atoms with E-state index in [-0.39, 0.29) is 18.0 Å². The van der Waals surface area contributed by atoms with Gasteiger partial charge in [0.15, 0.2) is 0 Å². The predicted molar refractivity (Wildman–Crippen MR) is 132 cm³/mol. The molecule has 0 bridgehead atoms. The summed E-state index contributed by atoms with van der Waals surface area (Å²) in [6.07, 6.45) is 5.65. The van der Waals surface area contributed by atoms with Gasteiger partial charge in [-0.25, -0.2) is 0 Å². The Labute approximate surface area is 196 Å². The minimum Gasteiger partial charge on any atom is -0.381 e. The number of nitrogens with zero attached hydrogens (tertiary/aromatic N) is 1. The first kappa shape index (κ1) is 23.6. The zero-order valence-electron chi connectivity index (χ0n) is 20.4. The maximum Gasteiger partial charge on any atom is 0.253 e. The van der Waals surface area contributed by atoms with Crippen molar-refractivity contribution in [3.05, 3.63) is 62.1 Å². The second-order valence-corrected chi connectivity index (χ2v) is 9.60. The molecule has 1 aromatic heterocycles. The second-order valence-electron chi connectivity index (χ2n) is 9.60. The van der Waals surface area contributed by atoms with Crippen LogP contribution in [-0.2, 0) is 11.3 Å². The van der Waals surface area contributed by atoms with Gasteiger partial charge in [0.2, 0.25) is 0 Å². The molecule has 1 saturated carbocycles. The highest BCUT2D eigenvalue weighted by atomic mass is 16.5. The zero-order chi connectivity index (χ0) is 23.5. The van der Waals surface area contributed by atoms with E-state index in [4.69, 9.17) is 4.74 Å². The third-order valence-electron chi connectivity index (χ3n) is 7.43. The lowest BCUT2D eigenvalue weighted by Gasteiger charge is -2.37. The molecule has 2 aliphatic rings. The number of H-pyrrole nitrogens is 1. The van der Waals surface area contributed by atoms with Crippen molar-refractivity contribution < 1.29 is 9.53 Å². The van der Waals surface area contributed by atoms with Gasteiger partial charge in [0, 0.05) is 54.9 Å². The highest BCUT2D eigenvalue weighted by Gasteiger charge is 2.27. The summed E-state index contributed by atoms with van der Waals surface area (Å²) in [7, 11) is 0. The van der Waals surface area contributed by atoms with E-state index in [9.17, 15) is 9.59 Å². The van der Waals surface area contributed by atoms with Gasteiger partial charge >= 0.3 is 0 Å². The van der Waals surface area contributed by atoms with E-state index < -0.39 is 0 Å². The monoisotopic (exact) mass is 451 g/mol. The molecule has 6 heteroatoms. The highest BCUT2D eigenvalue weighted by molar-refractivity contribution is 5.97. The van der Waals surface area contributed by atoms with Gasteiger partial charge in [-0.1, -0.05) is 6.42 Å². The molecular weight excluding hydrogens is 414 g/mol. The molecule has 1 aromatic carbocycles. The number of carbonyl (C=O) groups excluding carboxylic acids is 1. The lowest BCUT2D eigenvalue weighted by Crippen LogP contribution is -2.40. The summed E-state index contributed by atoms with van der Waals surface area (Å²) < 4.78 is 5.59. The molecule has 6 nitrogen and oxygen atoms in total. The Kier molecular flexibility index (Phi) is 7.23. The summed E-state index contributed by atoms with van der Waals surface area (Å²) in [5, 5.41) is 3.03. The largest absolute Gasteiger partial charge is 0.381 e. The van der Waals surface area contributed by atoms with Gasteiger partial charge in [-0.3, -0.25) is 9.59 Å². The molecule has 2 fully saturated rings. The summed E-state index contributed by atoms with van der Waals surface area (Å²) in [6, 6.07) is 6.78. The van der Waals surface area contributed by atoms with Crippen molar-refractivity contribution in [2.24, 2.45) is 0 Å². The van der Waals surface area contributed by atoms with E-state index in [0.29, 0.717) is 17.5 Å². The molecule has 2 heterocycles. The van der Waals surface area contributed by atoms with Crippen LogP contribution in [0.25, 0.3) is 0 Å². The van der Waals surface area contributed by atoms with Crippen molar-refractivity contribution in [1.82, 2.24) is 10.3 Å². The first-order chi connectivity index (χ1) is 15.9. The number of rotatable bonds is 7. The molecule has 0 atom stereocenters. The number of ether oxygens (including phenoxy) is 1. The van der Waals surface area contributed by atoms with Crippen LogP contribution >= 0.6 is 0 Å². The molecule has 0 spiro atoms. The van der Waals surface area contributed by atoms with Crippen molar-refractivity contribution in [2.45, 2.75) is 78.3 Å². The summed E-state index contributed by atoms with van der Waals surface area (Å²) in [4.78, 5) is 31.1. The van der Waals surface area contributed by atoms with Crippen LogP contribution in [0.4, 0.5) is 5.69 Å². The molecule has 33 heavy (non-hydrogen) atoms. The van der Waals surface area contributed by atoms with Crippen molar-refractivity contribution >= 4 is 11.6 Å². The minimum atomic E-state index is -0.134. The quantitative estimate of drug-likeness (QED) is 0.650. The van der Waals surface area contributed by atoms with E-state index in [1.54, 1.807) is 0 Å². The average Bonchev–Trinajstić information content (AvgIpc) is 2.74. The van der Waals surface area contributed by atoms with E-state index in [1.807, 2.05) is 19.9 Å². The Bertz CT molecular complexity index is 1070. The number of anilines is 1. The molecule has 4 rings (SSSR count). The third kappa shape index (κ3) is 5.01. The fourth-order valence-corrected chi connectivity index (χ4v) is 5.22.